The summed E-state index contributed by atoms with van der Waals surface area (Å²) in [6.07, 6.45) is 5.45. The lowest BCUT2D eigenvalue weighted by Gasteiger charge is -2.24. The van der Waals surface area contributed by atoms with Gasteiger partial charge in [-0.15, -0.1) is 0 Å². The van der Waals surface area contributed by atoms with Crippen LogP contribution in [0.3, 0.4) is 0 Å². The zero-order valence-electron chi connectivity index (χ0n) is 14.6. The van der Waals surface area contributed by atoms with Gasteiger partial charge in [-0.2, -0.15) is 0 Å². The van der Waals surface area contributed by atoms with Crippen molar-refractivity contribution in [1.82, 2.24) is 0 Å². The normalized spacial score (nSPS) is 12.1. The molecule has 0 heterocycles. The molecular formula is C17H32O4. The first-order valence-electron chi connectivity index (χ1n) is 7.95. The molecule has 0 spiro atoms. The number of unbranched alkanes of at least 4 members (excludes halogenated alkanes) is 4. The highest BCUT2D eigenvalue weighted by Crippen LogP contribution is 2.22. The molecule has 4 nitrogen and oxygen atoms in total. The van der Waals surface area contributed by atoms with Crippen LogP contribution in [0.25, 0.3) is 0 Å². The van der Waals surface area contributed by atoms with E-state index in [-0.39, 0.29) is 5.41 Å². The molecule has 0 amide bonds. The topological polar surface area (TPSA) is 52.6 Å². The van der Waals surface area contributed by atoms with Crippen molar-refractivity contribution in [2.75, 3.05) is 13.2 Å². The maximum absolute atomic E-state index is 12.0. The van der Waals surface area contributed by atoms with Gasteiger partial charge in [0.15, 0.2) is 5.41 Å². The van der Waals surface area contributed by atoms with Crippen molar-refractivity contribution in [3.05, 3.63) is 0 Å². The summed E-state index contributed by atoms with van der Waals surface area (Å²) in [6, 6.07) is 0. The molecule has 21 heavy (non-hydrogen) atoms. The molecule has 0 aromatic heterocycles. The molecule has 0 N–H and O–H groups in total. The first-order chi connectivity index (χ1) is 9.61. The Bertz CT molecular complexity index is 326. The lowest BCUT2D eigenvalue weighted by Crippen LogP contribution is -2.38. The Kier molecular flexibility index (Phi) is 8.60. The summed E-state index contributed by atoms with van der Waals surface area (Å²) in [7, 11) is 0. The van der Waals surface area contributed by atoms with Crippen LogP contribution < -0.4 is 0 Å². The van der Waals surface area contributed by atoms with Gasteiger partial charge in [0.25, 0.3) is 0 Å². The van der Waals surface area contributed by atoms with E-state index < -0.39 is 17.4 Å². The number of carbonyl (C=O) groups excluding carboxylic acids is 2. The van der Waals surface area contributed by atoms with Gasteiger partial charge in [-0.3, -0.25) is 9.59 Å². The minimum absolute atomic E-state index is 0.116. The van der Waals surface area contributed by atoms with Gasteiger partial charge in [0.05, 0.1) is 13.2 Å². The molecule has 0 radical (unpaired) electrons. The molecule has 0 aliphatic carbocycles. The molecule has 0 atom stereocenters. The van der Waals surface area contributed by atoms with Crippen LogP contribution in [0.4, 0.5) is 0 Å². The molecule has 0 aliphatic heterocycles. The third-order valence-electron chi connectivity index (χ3n) is 3.14. The Morgan fingerprint density at radius 3 is 1.86 bits per heavy atom. The average Bonchev–Trinajstić information content (AvgIpc) is 2.38. The van der Waals surface area contributed by atoms with Crippen molar-refractivity contribution in [2.24, 2.45) is 10.8 Å². The predicted octanol–water partition coefficient (Wildman–Crippen LogP) is 4.12. The van der Waals surface area contributed by atoms with Crippen molar-refractivity contribution in [3.63, 3.8) is 0 Å². The van der Waals surface area contributed by atoms with Gasteiger partial charge in [-0.25, -0.2) is 0 Å². The molecule has 0 rings (SSSR count). The number of hydrogen-bond acceptors (Lipinski definition) is 4. The van der Waals surface area contributed by atoms with E-state index in [2.05, 4.69) is 6.92 Å². The van der Waals surface area contributed by atoms with Gasteiger partial charge < -0.3 is 9.47 Å². The van der Waals surface area contributed by atoms with E-state index in [4.69, 9.17) is 9.47 Å². The second kappa shape index (κ2) is 9.06. The summed E-state index contributed by atoms with van der Waals surface area (Å²) in [4.78, 5) is 24.0. The molecule has 0 bridgehead atoms. The maximum Gasteiger partial charge on any atom is 0.322 e. The lowest BCUT2D eigenvalue weighted by molar-refractivity contribution is -0.171. The minimum atomic E-state index is -1.24. The Hall–Kier alpha value is -1.06. The van der Waals surface area contributed by atoms with E-state index >= 15 is 0 Å². The maximum atomic E-state index is 12.0. The summed E-state index contributed by atoms with van der Waals surface area (Å²) in [6.45, 7) is 11.9. The number of ether oxygens (including phenoxy) is 2. The number of carbonyl (C=O) groups is 2. The molecule has 0 saturated heterocycles. The minimum Gasteiger partial charge on any atom is -0.465 e. The van der Waals surface area contributed by atoms with Crippen molar-refractivity contribution in [2.45, 2.75) is 73.6 Å². The predicted molar refractivity (Wildman–Crippen MR) is 83.9 cm³/mol. The van der Waals surface area contributed by atoms with Crippen molar-refractivity contribution >= 4 is 11.9 Å². The smallest absolute Gasteiger partial charge is 0.322 e. The first-order valence-corrected chi connectivity index (χ1v) is 7.95. The molecule has 4 heteroatoms. The standard InChI is InChI=1S/C17H32O4/c1-7-8-9-10-11-12-20-14(18)17(5,6)15(19)21-13-16(2,3)4/h7-13H2,1-6H3. The summed E-state index contributed by atoms with van der Waals surface area (Å²) >= 11 is 0. The fourth-order valence-corrected chi connectivity index (χ4v) is 1.60. The summed E-state index contributed by atoms with van der Waals surface area (Å²) < 4.78 is 10.4. The molecule has 0 fully saturated rings. The SMILES string of the molecule is CCCCCCCOC(=O)C(C)(C)C(=O)OCC(C)(C)C. The highest BCUT2D eigenvalue weighted by Gasteiger charge is 2.39. The van der Waals surface area contributed by atoms with Gasteiger partial charge in [-0.05, 0) is 25.7 Å². The van der Waals surface area contributed by atoms with Gasteiger partial charge in [0, 0.05) is 0 Å². The second-order valence-corrected chi connectivity index (χ2v) is 7.31. The fraction of sp³-hybridized carbons (Fsp3) is 0.882. The Morgan fingerprint density at radius 2 is 1.33 bits per heavy atom. The largest absolute Gasteiger partial charge is 0.465 e. The Labute approximate surface area is 129 Å². The van der Waals surface area contributed by atoms with E-state index in [1.807, 2.05) is 20.8 Å². The number of esters is 2. The molecule has 0 aliphatic rings. The van der Waals surface area contributed by atoms with Crippen molar-refractivity contribution in [3.8, 4) is 0 Å². The van der Waals surface area contributed by atoms with Gasteiger partial charge >= 0.3 is 11.9 Å². The summed E-state index contributed by atoms with van der Waals surface area (Å²) in [5.74, 6) is -1.02. The third kappa shape index (κ3) is 8.74. The third-order valence-corrected chi connectivity index (χ3v) is 3.14. The quantitative estimate of drug-likeness (QED) is 0.365. The lowest BCUT2D eigenvalue weighted by atomic mass is 9.93. The number of rotatable bonds is 9. The van der Waals surface area contributed by atoms with Gasteiger partial charge in [0.2, 0.25) is 0 Å². The Balaban J connectivity index is 4.11. The van der Waals surface area contributed by atoms with Crippen LogP contribution in [0.2, 0.25) is 0 Å². The van der Waals surface area contributed by atoms with Crippen LogP contribution in [0.15, 0.2) is 0 Å². The molecular weight excluding hydrogens is 268 g/mol. The first kappa shape index (κ1) is 19.9. The molecule has 0 aromatic rings. The van der Waals surface area contributed by atoms with Crippen LogP contribution in [0.5, 0.6) is 0 Å². The van der Waals surface area contributed by atoms with Crippen LogP contribution in [0.1, 0.15) is 73.6 Å². The molecule has 0 unspecified atom stereocenters. The molecule has 124 valence electrons. The molecule has 0 aromatic carbocycles. The van der Waals surface area contributed by atoms with Crippen LogP contribution in [-0.2, 0) is 19.1 Å². The van der Waals surface area contributed by atoms with E-state index in [0.717, 1.165) is 19.3 Å². The van der Waals surface area contributed by atoms with Gasteiger partial charge in [-0.1, -0.05) is 53.4 Å². The Morgan fingerprint density at radius 1 is 0.810 bits per heavy atom. The molecule has 0 saturated carbocycles. The van der Waals surface area contributed by atoms with E-state index in [1.54, 1.807) is 13.8 Å². The van der Waals surface area contributed by atoms with Crippen LogP contribution in [0, 0.1) is 10.8 Å². The zero-order chi connectivity index (χ0) is 16.5. The average molecular weight is 300 g/mol. The van der Waals surface area contributed by atoms with Crippen molar-refractivity contribution < 1.29 is 19.1 Å². The van der Waals surface area contributed by atoms with E-state index in [9.17, 15) is 9.59 Å². The van der Waals surface area contributed by atoms with Gasteiger partial charge in [0.1, 0.15) is 0 Å². The number of hydrogen-bond donors (Lipinski definition) is 0. The van der Waals surface area contributed by atoms with Crippen LogP contribution in [-0.4, -0.2) is 25.2 Å². The second-order valence-electron chi connectivity index (χ2n) is 7.31. The summed E-state index contributed by atoms with van der Waals surface area (Å²) in [5, 5.41) is 0. The monoisotopic (exact) mass is 300 g/mol. The van der Waals surface area contributed by atoms with Crippen LogP contribution >= 0.6 is 0 Å². The zero-order valence-corrected chi connectivity index (χ0v) is 14.6. The van der Waals surface area contributed by atoms with Crippen molar-refractivity contribution in [1.29, 1.82) is 0 Å². The highest BCUT2D eigenvalue weighted by atomic mass is 16.6. The van der Waals surface area contributed by atoms with E-state index in [0.29, 0.717) is 13.2 Å². The summed E-state index contributed by atoms with van der Waals surface area (Å²) in [5.41, 5.74) is -1.36. The highest BCUT2D eigenvalue weighted by molar-refractivity contribution is 5.99. The fourth-order valence-electron chi connectivity index (χ4n) is 1.60. The van der Waals surface area contributed by atoms with E-state index in [1.165, 1.54) is 12.8 Å².